The van der Waals surface area contributed by atoms with Gasteiger partial charge in [0.1, 0.15) is 11.6 Å². The Balaban J connectivity index is 2.85. The third kappa shape index (κ3) is 3.50. The Hall–Kier alpha value is -1.49. The van der Waals surface area contributed by atoms with Crippen LogP contribution in [0.15, 0.2) is 18.2 Å². The van der Waals surface area contributed by atoms with Crippen molar-refractivity contribution in [3.63, 3.8) is 0 Å². The fourth-order valence-corrected chi connectivity index (χ4v) is 1.58. The zero-order valence-electron chi connectivity index (χ0n) is 10.8. The molecule has 18 heavy (non-hydrogen) atoms. The molecule has 1 amide bonds. The first-order valence-corrected chi connectivity index (χ1v) is 5.73. The summed E-state index contributed by atoms with van der Waals surface area (Å²) in [5.74, 6) is -1.31. The Bertz CT molecular complexity index is 445. The topological polar surface area (TPSA) is 55.1 Å². The molecule has 0 saturated carbocycles. The Kier molecular flexibility index (Phi) is 4.40. The SMILES string of the molecule is CC(N)C(=O)NCC(C)(C)c1cc(F)ccc1F. The van der Waals surface area contributed by atoms with E-state index in [2.05, 4.69) is 5.32 Å². The average molecular weight is 256 g/mol. The number of carbonyl (C=O) groups excluding carboxylic acids is 1. The van der Waals surface area contributed by atoms with Crippen LogP contribution in [0.4, 0.5) is 8.78 Å². The second-order valence-corrected chi connectivity index (χ2v) is 5.01. The van der Waals surface area contributed by atoms with Gasteiger partial charge in [0.25, 0.3) is 0 Å². The zero-order valence-corrected chi connectivity index (χ0v) is 10.8. The van der Waals surface area contributed by atoms with Gasteiger partial charge in [0.05, 0.1) is 6.04 Å². The fourth-order valence-electron chi connectivity index (χ4n) is 1.58. The summed E-state index contributed by atoms with van der Waals surface area (Å²) in [4.78, 5) is 11.4. The molecule has 0 spiro atoms. The van der Waals surface area contributed by atoms with E-state index in [0.717, 1.165) is 18.2 Å². The molecule has 5 heteroatoms. The van der Waals surface area contributed by atoms with E-state index < -0.39 is 23.1 Å². The van der Waals surface area contributed by atoms with Crippen LogP contribution in [0.25, 0.3) is 0 Å². The van der Waals surface area contributed by atoms with Crippen molar-refractivity contribution in [1.29, 1.82) is 0 Å². The number of nitrogens with two attached hydrogens (primary N) is 1. The maximum Gasteiger partial charge on any atom is 0.236 e. The molecule has 1 unspecified atom stereocenters. The molecule has 1 aromatic carbocycles. The van der Waals surface area contributed by atoms with Crippen molar-refractivity contribution in [3.8, 4) is 0 Å². The lowest BCUT2D eigenvalue weighted by Gasteiger charge is -2.26. The summed E-state index contributed by atoms with van der Waals surface area (Å²) in [5, 5.41) is 2.61. The van der Waals surface area contributed by atoms with Gasteiger partial charge in [0, 0.05) is 12.0 Å². The average Bonchev–Trinajstić information content (AvgIpc) is 2.29. The Morgan fingerprint density at radius 1 is 1.44 bits per heavy atom. The first kappa shape index (κ1) is 14.6. The van der Waals surface area contributed by atoms with E-state index in [9.17, 15) is 13.6 Å². The molecule has 0 bridgehead atoms. The van der Waals surface area contributed by atoms with Crippen molar-refractivity contribution < 1.29 is 13.6 Å². The molecule has 0 aliphatic heterocycles. The minimum atomic E-state index is -0.712. The molecule has 1 rings (SSSR count). The summed E-state index contributed by atoms with van der Waals surface area (Å²) in [6.45, 7) is 5.21. The van der Waals surface area contributed by atoms with E-state index in [1.54, 1.807) is 20.8 Å². The lowest BCUT2D eigenvalue weighted by atomic mass is 9.84. The highest BCUT2D eigenvalue weighted by molar-refractivity contribution is 5.81. The van der Waals surface area contributed by atoms with Crippen LogP contribution in [0.3, 0.4) is 0 Å². The largest absolute Gasteiger partial charge is 0.354 e. The molecule has 3 nitrogen and oxygen atoms in total. The second-order valence-electron chi connectivity index (χ2n) is 5.01. The number of hydrogen-bond donors (Lipinski definition) is 2. The molecule has 0 radical (unpaired) electrons. The predicted octanol–water partition coefficient (Wildman–Crippen LogP) is 1.71. The van der Waals surface area contributed by atoms with Crippen molar-refractivity contribution in [2.24, 2.45) is 5.73 Å². The third-order valence-electron chi connectivity index (χ3n) is 2.78. The van der Waals surface area contributed by atoms with Crippen molar-refractivity contribution in [2.75, 3.05) is 6.54 Å². The standard InChI is InChI=1S/C13H18F2N2O/c1-8(16)12(18)17-7-13(2,3)10-6-9(14)4-5-11(10)15/h4-6,8H,7,16H2,1-3H3,(H,17,18). The highest BCUT2D eigenvalue weighted by atomic mass is 19.1. The number of nitrogens with one attached hydrogen (secondary N) is 1. The van der Waals surface area contributed by atoms with Crippen molar-refractivity contribution in [2.45, 2.75) is 32.2 Å². The van der Waals surface area contributed by atoms with Crippen LogP contribution in [0, 0.1) is 11.6 Å². The van der Waals surface area contributed by atoms with Crippen LogP contribution in [-0.4, -0.2) is 18.5 Å². The summed E-state index contributed by atoms with van der Waals surface area (Å²) in [7, 11) is 0. The first-order chi connectivity index (χ1) is 8.24. The Morgan fingerprint density at radius 3 is 2.61 bits per heavy atom. The van der Waals surface area contributed by atoms with Gasteiger partial charge in [-0.05, 0) is 30.7 Å². The summed E-state index contributed by atoms with van der Waals surface area (Å²) in [6, 6.07) is 2.67. The van der Waals surface area contributed by atoms with Crippen LogP contribution in [0.2, 0.25) is 0 Å². The van der Waals surface area contributed by atoms with Crippen molar-refractivity contribution >= 4 is 5.91 Å². The number of benzene rings is 1. The minimum absolute atomic E-state index is 0.188. The van der Waals surface area contributed by atoms with Gasteiger partial charge in [-0.1, -0.05) is 13.8 Å². The summed E-state index contributed by atoms with van der Waals surface area (Å²) < 4.78 is 26.8. The van der Waals surface area contributed by atoms with E-state index >= 15 is 0 Å². The molecule has 0 saturated heterocycles. The van der Waals surface area contributed by atoms with Gasteiger partial charge in [0.15, 0.2) is 0 Å². The quantitative estimate of drug-likeness (QED) is 0.861. The number of amides is 1. The van der Waals surface area contributed by atoms with Crippen LogP contribution in [0.5, 0.6) is 0 Å². The smallest absolute Gasteiger partial charge is 0.236 e. The molecule has 0 heterocycles. The lowest BCUT2D eigenvalue weighted by molar-refractivity contribution is -0.122. The number of halogens is 2. The second kappa shape index (κ2) is 5.44. The molecule has 1 aromatic rings. The molecule has 0 aromatic heterocycles. The highest BCUT2D eigenvalue weighted by Gasteiger charge is 2.25. The maximum absolute atomic E-state index is 13.6. The van der Waals surface area contributed by atoms with Crippen molar-refractivity contribution in [3.05, 3.63) is 35.4 Å². The Labute approximate surface area is 105 Å². The van der Waals surface area contributed by atoms with E-state index in [1.165, 1.54) is 0 Å². The Morgan fingerprint density at radius 2 is 2.06 bits per heavy atom. The molecular weight excluding hydrogens is 238 g/mol. The number of carbonyl (C=O) groups is 1. The molecule has 100 valence electrons. The van der Waals surface area contributed by atoms with Gasteiger partial charge >= 0.3 is 0 Å². The minimum Gasteiger partial charge on any atom is -0.354 e. The van der Waals surface area contributed by atoms with E-state index in [4.69, 9.17) is 5.73 Å². The van der Waals surface area contributed by atoms with E-state index in [-0.39, 0.29) is 18.0 Å². The number of rotatable bonds is 4. The molecule has 0 aliphatic carbocycles. The predicted molar refractivity (Wildman–Crippen MR) is 66.0 cm³/mol. The molecular formula is C13H18F2N2O. The normalized spacial score (nSPS) is 13.2. The molecule has 3 N–H and O–H groups in total. The molecule has 0 fully saturated rings. The number of hydrogen-bond acceptors (Lipinski definition) is 2. The van der Waals surface area contributed by atoms with Gasteiger partial charge in [0.2, 0.25) is 5.91 Å². The summed E-state index contributed by atoms with van der Waals surface area (Å²) >= 11 is 0. The van der Waals surface area contributed by atoms with Gasteiger partial charge in [-0.3, -0.25) is 4.79 Å². The zero-order chi connectivity index (χ0) is 13.9. The van der Waals surface area contributed by atoms with Crippen molar-refractivity contribution in [1.82, 2.24) is 5.32 Å². The highest BCUT2D eigenvalue weighted by Crippen LogP contribution is 2.25. The molecule has 0 aliphatic rings. The van der Waals surface area contributed by atoms with E-state index in [1.807, 2.05) is 0 Å². The van der Waals surface area contributed by atoms with Gasteiger partial charge < -0.3 is 11.1 Å². The van der Waals surface area contributed by atoms with Gasteiger partial charge in [-0.2, -0.15) is 0 Å². The van der Waals surface area contributed by atoms with Crippen LogP contribution >= 0.6 is 0 Å². The summed E-state index contributed by atoms with van der Waals surface area (Å²) in [6.07, 6.45) is 0. The fraction of sp³-hybridized carbons (Fsp3) is 0.462. The first-order valence-electron chi connectivity index (χ1n) is 5.73. The molecule has 1 atom stereocenters. The van der Waals surface area contributed by atoms with Gasteiger partial charge in [-0.25, -0.2) is 8.78 Å². The van der Waals surface area contributed by atoms with Crippen LogP contribution in [-0.2, 0) is 10.2 Å². The lowest BCUT2D eigenvalue weighted by Crippen LogP contribution is -2.44. The van der Waals surface area contributed by atoms with E-state index in [0.29, 0.717) is 0 Å². The van der Waals surface area contributed by atoms with Crippen LogP contribution in [0.1, 0.15) is 26.3 Å². The summed E-state index contributed by atoms with van der Waals surface area (Å²) in [5.41, 5.74) is 4.93. The van der Waals surface area contributed by atoms with Gasteiger partial charge in [-0.15, -0.1) is 0 Å². The monoisotopic (exact) mass is 256 g/mol. The maximum atomic E-state index is 13.6. The van der Waals surface area contributed by atoms with Crippen LogP contribution < -0.4 is 11.1 Å². The third-order valence-corrected chi connectivity index (χ3v) is 2.78.